The van der Waals surface area contributed by atoms with Crippen LogP contribution < -0.4 is 10.6 Å². The van der Waals surface area contributed by atoms with E-state index in [0.29, 0.717) is 5.69 Å². The summed E-state index contributed by atoms with van der Waals surface area (Å²) in [6, 6.07) is 13.4. The summed E-state index contributed by atoms with van der Waals surface area (Å²) in [5, 5.41) is 0. The lowest BCUT2D eigenvalue weighted by Gasteiger charge is -2.36. The minimum atomic E-state index is -4.30. The fourth-order valence-corrected chi connectivity index (χ4v) is 3.15. The minimum absolute atomic E-state index is 0.591. The van der Waals surface area contributed by atoms with E-state index in [-0.39, 0.29) is 0 Å². The van der Waals surface area contributed by atoms with Crippen LogP contribution in [0.25, 0.3) is 0 Å². The number of hydrogen-bond donors (Lipinski definition) is 1. The number of nitrogens with two attached hydrogens (primary N) is 1. The highest BCUT2D eigenvalue weighted by Gasteiger charge is 2.31. The summed E-state index contributed by atoms with van der Waals surface area (Å²) >= 11 is 0. The predicted molar refractivity (Wildman–Crippen MR) is 94.7 cm³/mol. The summed E-state index contributed by atoms with van der Waals surface area (Å²) in [5.41, 5.74) is 7.97. The van der Waals surface area contributed by atoms with Gasteiger partial charge in [0, 0.05) is 44.1 Å². The van der Waals surface area contributed by atoms with Crippen LogP contribution in [0.4, 0.5) is 24.5 Å². The molecule has 0 bridgehead atoms. The summed E-state index contributed by atoms with van der Waals surface area (Å²) in [6.45, 7) is 4.04. The van der Waals surface area contributed by atoms with Crippen LogP contribution >= 0.6 is 0 Å². The second-order valence-electron chi connectivity index (χ2n) is 6.33. The number of piperazine rings is 1. The monoisotopic (exact) mass is 349 g/mol. The zero-order valence-electron chi connectivity index (χ0n) is 14.0. The predicted octanol–water partition coefficient (Wildman–Crippen LogP) is 3.65. The van der Waals surface area contributed by atoms with Crippen molar-refractivity contribution in [1.82, 2.24) is 4.90 Å². The molecule has 0 spiro atoms. The molecule has 0 unspecified atom stereocenters. The van der Waals surface area contributed by atoms with Crippen molar-refractivity contribution in [2.75, 3.05) is 43.4 Å². The zero-order chi connectivity index (χ0) is 17.9. The summed E-state index contributed by atoms with van der Waals surface area (Å²) < 4.78 is 38.6. The first-order chi connectivity index (χ1) is 11.9. The second kappa shape index (κ2) is 7.35. The van der Waals surface area contributed by atoms with Crippen molar-refractivity contribution in [3.63, 3.8) is 0 Å². The molecular weight excluding hydrogens is 327 g/mol. The molecule has 1 fully saturated rings. The Balaban J connectivity index is 1.55. The van der Waals surface area contributed by atoms with Crippen LogP contribution in [-0.2, 0) is 12.6 Å². The van der Waals surface area contributed by atoms with Gasteiger partial charge in [-0.2, -0.15) is 13.2 Å². The zero-order valence-corrected chi connectivity index (χ0v) is 14.0. The Morgan fingerprint density at radius 2 is 1.64 bits per heavy atom. The molecule has 25 heavy (non-hydrogen) atoms. The quantitative estimate of drug-likeness (QED) is 0.855. The number of halogens is 3. The smallest absolute Gasteiger partial charge is 0.399 e. The van der Waals surface area contributed by atoms with Crippen molar-refractivity contribution in [2.45, 2.75) is 12.6 Å². The van der Waals surface area contributed by atoms with Crippen molar-refractivity contribution in [2.24, 2.45) is 0 Å². The van der Waals surface area contributed by atoms with E-state index in [1.807, 2.05) is 29.2 Å². The number of nitrogen functional groups attached to an aromatic ring is 1. The lowest BCUT2D eigenvalue weighted by Crippen LogP contribution is -2.47. The Kier molecular flexibility index (Phi) is 5.18. The summed E-state index contributed by atoms with van der Waals surface area (Å²) in [6.07, 6.45) is -3.41. The van der Waals surface area contributed by atoms with Crippen LogP contribution in [0, 0.1) is 0 Å². The lowest BCUT2D eigenvalue weighted by molar-refractivity contribution is -0.137. The van der Waals surface area contributed by atoms with Gasteiger partial charge in [-0.15, -0.1) is 0 Å². The van der Waals surface area contributed by atoms with Gasteiger partial charge >= 0.3 is 6.18 Å². The maximum absolute atomic E-state index is 12.9. The van der Waals surface area contributed by atoms with Gasteiger partial charge in [-0.3, -0.25) is 4.90 Å². The number of rotatable bonds is 4. The van der Waals surface area contributed by atoms with Crippen molar-refractivity contribution in [1.29, 1.82) is 0 Å². The van der Waals surface area contributed by atoms with Crippen LogP contribution in [0.2, 0.25) is 0 Å². The van der Waals surface area contributed by atoms with E-state index in [4.69, 9.17) is 5.73 Å². The number of benzene rings is 2. The molecule has 0 aromatic heterocycles. The molecule has 0 aliphatic carbocycles. The highest BCUT2D eigenvalue weighted by molar-refractivity contribution is 5.50. The second-order valence-corrected chi connectivity index (χ2v) is 6.33. The molecule has 1 saturated heterocycles. The minimum Gasteiger partial charge on any atom is -0.399 e. The Morgan fingerprint density at radius 3 is 2.32 bits per heavy atom. The molecule has 1 heterocycles. The third-order valence-corrected chi connectivity index (χ3v) is 4.66. The lowest BCUT2D eigenvalue weighted by atomic mass is 10.1. The summed E-state index contributed by atoms with van der Waals surface area (Å²) in [7, 11) is 0. The molecular formula is C19H22F3N3. The van der Waals surface area contributed by atoms with Gasteiger partial charge in [0.2, 0.25) is 0 Å². The average Bonchev–Trinajstić information content (AvgIpc) is 2.61. The van der Waals surface area contributed by atoms with E-state index < -0.39 is 11.7 Å². The fourth-order valence-electron chi connectivity index (χ4n) is 3.15. The van der Waals surface area contributed by atoms with Crippen molar-refractivity contribution < 1.29 is 13.2 Å². The van der Waals surface area contributed by atoms with E-state index >= 15 is 0 Å². The van der Waals surface area contributed by atoms with Crippen molar-refractivity contribution in [3.8, 4) is 0 Å². The van der Waals surface area contributed by atoms with Gasteiger partial charge < -0.3 is 10.6 Å². The number of anilines is 2. The molecule has 6 heteroatoms. The maximum Gasteiger partial charge on any atom is 0.416 e. The van der Waals surface area contributed by atoms with E-state index in [0.717, 1.165) is 56.5 Å². The van der Waals surface area contributed by atoms with Gasteiger partial charge in [-0.1, -0.05) is 24.3 Å². The molecule has 1 aliphatic heterocycles. The van der Waals surface area contributed by atoms with Crippen LogP contribution in [0.1, 0.15) is 11.1 Å². The number of para-hydroxylation sites is 1. The summed E-state index contributed by atoms with van der Waals surface area (Å²) in [5.74, 6) is 0. The van der Waals surface area contributed by atoms with Crippen molar-refractivity contribution >= 4 is 11.4 Å². The Bertz CT molecular complexity index is 707. The van der Waals surface area contributed by atoms with Gasteiger partial charge in [0.15, 0.2) is 0 Å². The van der Waals surface area contributed by atoms with Crippen LogP contribution in [0.5, 0.6) is 0 Å². The van der Waals surface area contributed by atoms with Crippen LogP contribution in [-0.4, -0.2) is 37.6 Å². The van der Waals surface area contributed by atoms with Crippen LogP contribution in [0.15, 0.2) is 48.5 Å². The van der Waals surface area contributed by atoms with E-state index in [9.17, 15) is 13.2 Å². The first-order valence-electron chi connectivity index (χ1n) is 8.41. The summed E-state index contributed by atoms with van der Waals surface area (Å²) in [4.78, 5) is 4.35. The molecule has 2 N–H and O–H groups in total. The molecule has 0 amide bonds. The average molecular weight is 349 g/mol. The number of alkyl halides is 3. The molecule has 0 saturated carbocycles. The molecule has 0 radical (unpaired) electrons. The standard InChI is InChI=1S/C19H22F3N3/c20-19(21,22)16-5-3-6-17(14-16)25-12-10-24(11-13-25)9-8-15-4-1-2-7-18(15)23/h1-7,14H,8-13,23H2. The van der Waals surface area contributed by atoms with E-state index in [1.165, 1.54) is 12.1 Å². The fraction of sp³-hybridized carbons (Fsp3) is 0.368. The Hall–Kier alpha value is -2.21. The van der Waals surface area contributed by atoms with Crippen molar-refractivity contribution in [3.05, 3.63) is 59.7 Å². The van der Waals surface area contributed by atoms with Gasteiger partial charge in [-0.05, 0) is 36.2 Å². The van der Waals surface area contributed by atoms with Crippen LogP contribution in [0.3, 0.4) is 0 Å². The van der Waals surface area contributed by atoms with Gasteiger partial charge in [0.1, 0.15) is 0 Å². The third-order valence-electron chi connectivity index (χ3n) is 4.66. The maximum atomic E-state index is 12.9. The first kappa shape index (κ1) is 17.6. The third kappa shape index (κ3) is 4.45. The Labute approximate surface area is 145 Å². The van der Waals surface area contributed by atoms with Gasteiger partial charge in [0.25, 0.3) is 0 Å². The normalized spacial score (nSPS) is 16.2. The van der Waals surface area contributed by atoms with Gasteiger partial charge in [-0.25, -0.2) is 0 Å². The molecule has 2 aromatic rings. The highest BCUT2D eigenvalue weighted by Crippen LogP contribution is 2.31. The SMILES string of the molecule is Nc1ccccc1CCN1CCN(c2cccc(C(F)(F)F)c2)CC1. The molecule has 1 aliphatic rings. The van der Waals surface area contributed by atoms with E-state index in [2.05, 4.69) is 4.90 Å². The van der Waals surface area contributed by atoms with Gasteiger partial charge in [0.05, 0.1) is 5.56 Å². The molecule has 3 nitrogen and oxygen atoms in total. The van der Waals surface area contributed by atoms with E-state index in [1.54, 1.807) is 6.07 Å². The largest absolute Gasteiger partial charge is 0.416 e. The number of nitrogens with zero attached hydrogens (tertiary/aromatic N) is 2. The first-order valence-corrected chi connectivity index (χ1v) is 8.41. The highest BCUT2D eigenvalue weighted by atomic mass is 19.4. The molecule has 2 aromatic carbocycles. The Morgan fingerprint density at radius 1 is 0.920 bits per heavy atom. The number of hydrogen-bond acceptors (Lipinski definition) is 3. The molecule has 134 valence electrons. The molecule has 0 atom stereocenters. The topological polar surface area (TPSA) is 32.5 Å². The molecule has 3 rings (SSSR count).